The highest BCUT2D eigenvalue weighted by atomic mass is 79.9. The topological polar surface area (TPSA) is 55.8 Å². The highest BCUT2D eigenvalue weighted by molar-refractivity contribution is 9.10. The first kappa shape index (κ1) is 21.5. The zero-order chi connectivity index (χ0) is 22.2. The van der Waals surface area contributed by atoms with Gasteiger partial charge in [-0.3, -0.25) is 4.31 Å². The summed E-state index contributed by atoms with van der Waals surface area (Å²) in [7, 11) is -3.89. The molecule has 3 aromatic rings. The van der Waals surface area contributed by atoms with Crippen LogP contribution >= 0.6 is 15.9 Å². The van der Waals surface area contributed by atoms with E-state index in [-0.39, 0.29) is 35.0 Å². The molecule has 0 aliphatic carbocycles. The summed E-state index contributed by atoms with van der Waals surface area (Å²) in [4.78, 5) is 0.104. The lowest BCUT2D eigenvalue weighted by Crippen LogP contribution is -2.37. The minimum Gasteiger partial charge on any atom is -0.489 e. The summed E-state index contributed by atoms with van der Waals surface area (Å²) in [5.74, 6) is -0.754. The molecule has 0 saturated carbocycles. The third kappa shape index (κ3) is 4.49. The van der Waals surface area contributed by atoms with E-state index in [2.05, 4.69) is 20.7 Å². The van der Waals surface area contributed by atoms with Gasteiger partial charge in [-0.15, -0.1) is 0 Å². The lowest BCUT2D eigenvalue weighted by Gasteiger charge is -2.31. The predicted octanol–water partition coefficient (Wildman–Crippen LogP) is 5.44. The average Bonchev–Trinajstić information content (AvgIpc) is 2.72. The van der Waals surface area contributed by atoms with Crippen LogP contribution in [0.15, 0.2) is 70.0 Å². The number of alkyl halides is 2. The molecular formula is C21H15BrF3NO4S. The van der Waals surface area contributed by atoms with Crippen molar-refractivity contribution >= 4 is 31.6 Å². The molecule has 10 heteroatoms. The van der Waals surface area contributed by atoms with E-state index in [0.717, 1.165) is 16.6 Å². The molecular weight excluding hydrogens is 499 g/mol. The predicted molar refractivity (Wildman–Crippen MR) is 113 cm³/mol. The van der Waals surface area contributed by atoms with E-state index in [9.17, 15) is 21.6 Å². The number of nitrogens with zero attached hydrogens (tertiary/aromatic N) is 1. The summed E-state index contributed by atoms with van der Waals surface area (Å²) < 4.78 is 77.4. The van der Waals surface area contributed by atoms with Gasteiger partial charge in [-0.1, -0.05) is 22.0 Å². The largest absolute Gasteiger partial charge is 0.489 e. The molecule has 3 aromatic carbocycles. The Balaban J connectivity index is 1.77. The second-order valence-corrected chi connectivity index (χ2v) is 9.39. The Morgan fingerprint density at radius 1 is 1.00 bits per heavy atom. The Morgan fingerprint density at radius 3 is 2.45 bits per heavy atom. The van der Waals surface area contributed by atoms with Gasteiger partial charge in [0.15, 0.2) is 0 Å². The highest BCUT2D eigenvalue weighted by Crippen LogP contribution is 2.39. The molecule has 1 aliphatic rings. The number of sulfonamides is 1. The van der Waals surface area contributed by atoms with Gasteiger partial charge in [-0.2, -0.15) is 8.78 Å². The first-order chi connectivity index (χ1) is 14.7. The van der Waals surface area contributed by atoms with E-state index >= 15 is 0 Å². The van der Waals surface area contributed by atoms with Crippen molar-refractivity contribution in [3.63, 3.8) is 0 Å². The van der Waals surface area contributed by atoms with Gasteiger partial charge < -0.3 is 9.47 Å². The number of hydrogen-bond donors (Lipinski definition) is 0. The standard InChI is InChI=1S/C21H15BrF3NO4S/c22-15-2-4-18(5-3-15)31(27,28)26-7-8-29-20-6-1-13(11-19(20)26)14-9-16(23)12-17(10-14)30-21(24)25/h1-6,9-12,21H,7-8H2. The van der Waals surface area contributed by atoms with Crippen LogP contribution in [0.4, 0.5) is 18.9 Å². The summed E-state index contributed by atoms with van der Waals surface area (Å²) in [6.07, 6.45) is 0. The van der Waals surface area contributed by atoms with Gasteiger partial charge in [0.25, 0.3) is 10.0 Å². The average molecular weight is 514 g/mol. The second-order valence-electron chi connectivity index (χ2n) is 6.62. The Labute approximate surface area is 185 Å². The Bertz CT molecular complexity index is 1220. The normalized spacial score (nSPS) is 13.6. The lowest BCUT2D eigenvalue weighted by molar-refractivity contribution is -0.0499. The van der Waals surface area contributed by atoms with Crippen LogP contribution in [-0.4, -0.2) is 28.2 Å². The second kappa shape index (κ2) is 8.43. The molecule has 0 bridgehead atoms. The zero-order valence-corrected chi connectivity index (χ0v) is 18.2. The van der Waals surface area contributed by atoms with Crippen LogP contribution in [0.3, 0.4) is 0 Å². The Morgan fingerprint density at radius 2 is 1.74 bits per heavy atom. The first-order valence-corrected chi connectivity index (χ1v) is 11.3. The minimum absolute atomic E-state index is 0.0811. The third-order valence-corrected chi connectivity index (χ3v) is 6.97. The summed E-state index contributed by atoms with van der Waals surface area (Å²) in [6.45, 7) is -2.86. The molecule has 0 fully saturated rings. The van der Waals surface area contributed by atoms with Gasteiger partial charge in [-0.25, -0.2) is 12.8 Å². The number of ether oxygens (including phenoxy) is 2. The summed E-state index contributed by atoms with van der Waals surface area (Å²) in [5, 5.41) is 0. The monoisotopic (exact) mass is 513 g/mol. The van der Waals surface area contributed by atoms with E-state index in [1.807, 2.05) is 0 Å². The molecule has 1 aliphatic heterocycles. The maximum atomic E-state index is 14.0. The van der Waals surface area contributed by atoms with Gasteiger partial charge in [0.2, 0.25) is 0 Å². The lowest BCUT2D eigenvalue weighted by atomic mass is 10.0. The smallest absolute Gasteiger partial charge is 0.387 e. The number of halogens is 4. The van der Waals surface area contributed by atoms with Crippen LogP contribution < -0.4 is 13.8 Å². The van der Waals surface area contributed by atoms with Crippen LogP contribution in [0, 0.1) is 5.82 Å². The molecule has 1 heterocycles. The number of benzene rings is 3. The van der Waals surface area contributed by atoms with Crippen molar-refractivity contribution in [3.05, 3.63) is 71.0 Å². The minimum atomic E-state index is -3.89. The summed E-state index contributed by atoms with van der Waals surface area (Å²) in [5.41, 5.74) is 0.941. The van der Waals surface area contributed by atoms with Crippen molar-refractivity contribution < 1.29 is 31.1 Å². The van der Waals surface area contributed by atoms with Crippen molar-refractivity contribution in [1.82, 2.24) is 0 Å². The van der Waals surface area contributed by atoms with E-state index in [0.29, 0.717) is 11.3 Å². The van der Waals surface area contributed by atoms with Crippen LogP contribution in [0.5, 0.6) is 11.5 Å². The fourth-order valence-corrected chi connectivity index (χ4v) is 4.97. The number of fused-ring (bicyclic) bond motifs is 1. The summed E-state index contributed by atoms with van der Waals surface area (Å²) >= 11 is 3.28. The molecule has 162 valence electrons. The van der Waals surface area contributed by atoms with Gasteiger partial charge in [0, 0.05) is 10.5 Å². The number of hydrogen-bond acceptors (Lipinski definition) is 4. The fraction of sp³-hybridized carbons (Fsp3) is 0.143. The number of anilines is 1. The molecule has 0 atom stereocenters. The van der Waals surface area contributed by atoms with Crippen LogP contribution in [0.2, 0.25) is 0 Å². The zero-order valence-electron chi connectivity index (χ0n) is 15.8. The molecule has 4 rings (SSSR count). The molecule has 31 heavy (non-hydrogen) atoms. The molecule has 0 radical (unpaired) electrons. The molecule has 0 amide bonds. The van der Waals surface area contributed by atoms with Gasteiger partial charge >= 0.3 is 6.61 Å². The molecule has 0 N–H and O–H groups in total. The van der Waals surface area contributed by atoms with Crippen molar-refractivity contribution in [2.24, 2.45) is 0 Å². The summed E-state index contributed by atoms with van der Waals surface area (Å²) in [6, 6.07) is 14.2. The van der Waals surface area contributed by atoms with Crippen LogP contribution in [0.1, 0.15) is 0 Å². The number of rotatable bonds is 5. The van der Waals surface area contributed by atoms with Gasteiger partial charge in [-0.05, 0) is 59.7 Å². The van der Waals surface area contributed by atoms with Gasteiger partial charge in [0.05, 0.1) is 17.1 Å². The van der Waals surface area contributed by atoms with E-state index < -0.39 is 22.5 Å². The van der Waals surface area contributed by atoms with Crippen molar-refractivity contribution in [2.45, 2.75) is 11.5 Å². The molecule has 0 saturated heterocycles. The van der Waals surface area contributed by atoms with Crippen molar-refractivity contribution in [3.8, 4) is 22.6 Å². The molecule has 0 unspecified atom stereocenters. The van der Waals surface area contributed by atoms with Crippen molar-refractivity contribution in [1.29, 1.82) is 0 Å². The fourth-order valence-electron chi connectivity index (χ4n) is 3.26. The molecule has 5 nitrogen and oxygen atoms in total. The van der Waals surface area contributed by atoms with E-state index in [1.54, 1.807) is 24.3 Å². The maximum Gasteiger partial charge on any atom is 0.387 e. The van der Waals surface area contributed by atoms with E-state index in [4.69, 9.17) is 4.74 Å². The SMILES string of the molecule is O=S(=O)(c1ccc(Br)cc1)N1CCOc2ccc(-c3cc(F)cc(OC(F)F)c3)cc21. The third-order valence-electron chi connectivity index (χ3n) is 4.61. The van der Waals surface area contributed by atoms with Gasteiger partial charge in [0.1, 0.15) is 23.9 Å². The van der Waals surface area contributed by atoms with E-state index in [1.165, 1.54) is 28.6 Å². The highest BCUT2D eigenvalue weighted by Gasteiger charge is 2.30. The Kier molecular flexibility index (Phi) is 5.85. The quantitative estimate of drug-likeness (QED) is 0.455. The van der Waals surface area contributed by atoms with Crippen LogP contribution in [-0.2, 0) is 10.0 Å². The van der Waals surface area contributed by atoms with Crippen molar-refractivity contribution in [2.75, 3.05) is 17.5 Å². The first-order valence-electron chi connectivity index (χ1n) is 9.05. The molecule has 0 aromatic heterocycles. The molecule has 0 spiro atoms. The maximum absolute atomic E-state index is 14.0. The Hall–Kier alpha value is -2.72. The van der Waals surface area contributed by atoms with Crippen LogP contribution in [0.25, 0.3) is 11.1 Å².